The standard InChI is InChI=1S/C36H39FN6O2/c1-24(42-14-16-45-17-15-42)18-29-6-5-7-31(40-29)26-11-13-43-32(23-39-34(43)20-26)27-9-8-25(30(37)19-27)21-35(44)41-33-22-28(10-12-38-33)36(2,3)4/h5-13,19-20,22-24H,14-18,21H2,1-4H3,(H,38,41,44). The lowest BCUT2D eigenvalue weighted by Gasteiger charge is -2.32. The molecule has 8 nitrogen and oxygen atoms in total. The molecule has 1 atom stereocenters. The van der Waals surface area contributed by atoms with Crippen molar-refractivity contribution in [3.8, 4) is 22.5 Å². The van der Waals surface area contributed by atoms with Crippen molar-refractivity contribution in [2.45, 2.75) is 52.0 Å². The van der Waals surface area contributed by atoms with Gasteiger partial charge in [-0.1, -0.05) is 39.0 Å². The summed E-state index contributed by atoms with van der Waals surface area (Å²) in [5.41, 5.74) is 6.38. The quantitative estimate of drug-likeness (QED) is 0.222. The molecule has 0 saturated carbocycles. The van der Waals surface area contributed by atoms with Gasteiger partial charge in [-0.3, -0.25) is 19.1 Å². The third kappa shape index (κ3) is 7.10. The Morgan fingerprint density at radius 1 is 1.02 bits per heavy atom. The maximum absolute atomic E-state index is 15.3. The van der Waals surface area contributed by atoms with Gasteiger partial charge in [-0.15, -0.1) is 0 Å². The molecule has 1 aromatic carbocycles. The number of morpholine rings is 1. The maximum Gasteiger partial charge on any atom is 0.230 e. The third-order valence-electron chi connectivity index (χ3n) is 8.38. The van der Waals surface area contributed by atoms with Gasteiger partial charge in [-0.2, -0.15) is 0 Å². The van der Waals surface area contributed by atoms with Crippen LogP contribution in [0.5, 0.6) is 0 Å². The van der Waals surface area contributed by atoms with E-state index >= 15 is 4.39 Å². The molecule has 1 aliphatic rings. The van der Waals surface area contributed by atoms with Crippen molar-refractivity contribution in [3.63, 3.8) is 0 Å². The largest absolute Gasteiger partial charge is 0.379 e. The molecular weight excluding hydrogens is 567 g/mol. The molecule has 232 valence electrons. The topological polar surface area (TPSA) is 84.7 Å². The van der Waals surface area contributed by atoms with E-state index in [0.717, 1.165) is 66.6 Å². The van der Waals surface area contributed by atoms with Crippen LogP contribution >= 0.6 is 0 Å². The smallest absolute Gasteiger partial charge is 0.230 e. The third-order valence-corrected chi connectivity index (χ3v) is 8.38. The van der Waals surface area contributed by atoms with Crippen molar-refractivity contribution in [2.75, 3.05) is 31.6 Å². The molecule has 5 aromatic rings. The van der Waals surface area contributed by atoms with Crippen LogP contribution in [-0.2, 0) is 27.8 Å². The summed E-state index contributed by atoms with van der Waals surface area (Å²) in [4.78, 5) is 29.0. The van der Waals surface area contributed by atoms with Crippen LogP contribution in [0.1, 0.15) is 44.5 Å². The molecule has 1 unspecified atom stereocenters. The fourth-order valence-electron chi connectivity index (χ4n) is 5.73. The van der Waals surface area contributed by atoms with Crippen LogP contribution in [0.3, 0.4) is 0 Å². The Kier molecular flexibility index (Phi) is 8.74. The van der Waals surface area contributed by atoms with E-state index in [9.17, 15) is 4.79 Å². The Morgan fingerprint density at radius 2 is 1.84 bits per heavy atom. The number of carbonyl (C=O) groups excluding carboxylic acids is 1. The molecule has 0 spiro atoms. The van der Waals surface area contributed by atoms with Gasteiger partial charge in [0, 0.05) is 54.8 Å². The first-order valence-corrected chi connectivity index (χ1v) is 15.4. The summed E-state index contributed by atoms with van der Waals surface area (Å²) in [5, 5.41) is 2.80. The zero-order chi connectivity index (χ0) is 31.6. The zero-order valence-corrected chi connectivity index (χ0v) is 26.3. The van der Waals surface area contributed by atoms with Crippen LogP contribution < -0.4 is 5.32 Å². The molecule has 5 heterocycles. The summed E-state index contributed by atoms with van der Waals surface area (Å²) in [7, 11) is 0. The first-order valence-electron chi connectivity index (χ1n) is 15.4. The van der Waals surface area contributed by atoms with Crippen LogP contribution in [0.25, 0.3) is 28.2 Å². The normalized spacial score (nSPS) is 14.9. The number of rotatable bonds is 8. The van der Waals surface area contributed by atoms with Gasteiger partial charge in [0.2, 0.25) is 5.91 Å². The van der Waals surface area contributed by atoms with Gasteiger partial charge >= 0.3 is 0 Å². The second-order valence-corrected chi connectivity index (χ2v) is 12.7. The Hall–Kier alpha value is -4.47. The lowest BCUT2D eigenvalue weighted by Crippen LogP contribution is -2.43. The number of carbonyl (C=O) groups is 1. The number of ether oxygens (including phenoxy) is 1. The predicted molar refractivity (Wildman–Crippen MR) is 175 cm³/mol. The van der Waals surface area contributed by atoms with Gasteiger partial charge in [0.25, 0.3) is 0 Å². The minimum absolute atomic E-state index is 0.0757. The maximum atomic E-state index is 15.3. The molecule has 1 N–H and O–H groups in total. The van der Waals surface area contributed by atoms with Gasteiger partial charge in [-0.25, -0.2) is 14.4 Å². The minimum atomic E-state index is -0.446. The fraction of sp³-hybridized carbons (Fsp3) is 0.333. The molecular formula is C36H39FN6O2. The number of aromatic nitrogens is 4. The first-order chi connectivity index (χ1) is 21.6. The molecule has 1 fully saturated rings. The average Bonchev–Trinajstić information content (AvgIpc) is 3.46. The van der Waals surface area contributed by atoms with Crippen molar-refractivity contribution in [3.05, 3.63) is 102 Å². The second kappa shape index (κ2) is 12.9. The van der Waals surface area contributed by atoms with Crippen LogP contribution in [-0.4, -0.2) is 62.5 Å². The Morgan fingerprint density at radius 3 is 2.62 bits per heavy atom. The molecule has 1 saturated heterocycles. The Balaban J connectivity index is 1.15. The predicted octanol–water partition coefficient (Wildman–Crippen LogP) is 6.34. The summed E-state index contributed by atoms with van der Waals surface area (Å²) in [6.07, 6.45) is 6.12. The van der Waals surface area contributed by atoms with Crippen molar-refractivity contribution in [1.29, 1.82) is 0 Å². The van der Waals surface area contributed by atoms with Crippen LogP contribution in [0, 0.1) is 5.82 Å². The molecule has 0 radical (unpaired) electrons. The number of halogens is 1. The Labute approximate surface area is 263 Å². The number of imidazole rings is 1. The molecule has 4 aromatic heterocycles. The highest BCUT2D eigenvalue weighted by Gasteiger charge is 2.19. The highest BCUT2D eigenvalue weighted by molar-refractivity contribution is 5.91. The van der Waals surface area contributed by atoms with Gasteiger partial charge in [0.05, 0.1) is 37.2 Å². The van der Waals surface area contributed by atoms with E-state index in [1.807, 2.05) is 47.0 Å². The van der Waals surface area contributed by atoms with E-state index in [0.29, 0.717) is 23.0 Å². The first kappa shape index (κ1) is 30.6. The SMILES string of the molecule is CC(Cc1cccc(-c2ccn3c(-c4ccc(CC(=O)Nc5cc(C(C)(C)C)ccn5)c(F)c4)cnc3c2)n1)N1CCOCC1. The van der Waals surface area contributed by atoms with Gasteiger partial charge in [0.15, 0.2) is 0 Å². The minimum Gasteiger partial charge on any atom is -0.379 e. The number of hydrogen-bond acceptors (Lipinski definition) is 6. The van der Waals surface area contributed by atoms with E-state index < -0.39 is 5.82 Å². The van der Waals surface area contributed by atoms with Crippen molar-refractivity contribution in [2.24, 2.45) is 0 Å². The fourth-order valence-corrected chi connectivity index (χ4v) is 5.73. The number of hydrogen-bond donors (Lipinski definition) is 1. The van der Waals surface area contributed by atoms with Crippen molar-refractivity contribution >= 4 is 17.4 Å². The summed E-state index contributed by atoms with van der Waals surface area (Å²) in [5.74, 6) is -0.312. The van der Waals surface area contributed by atoms with E-state index in [-0.39, 0.29) is 17.7 Å². The summed E-state index contributed by atoms with van der Waals surface area (Å²) >= 11 is 0. The van der Waals surface area contributed by atoms with Gasteiger partial charge in [-0.05, 0) is 65.9 Å². The van der Waals surface area contributed by atoms with Crippen LogP contribution in [0.2, 0.25) is 0 Å². The van der Waals surface area contributed by atoms with E-state index in [1.54, 1.807) is 18.5 Å². The van der Waals surface area contributed by atoms with E-state index in [4.69, 9.17) is 9.72 Å². The summed E-state index contributed by atoms with van der Waals surface area (Å²) < 4.78 is 22.7. The van der Waals surface area contributed by atoms with Crippen LogP contribution in [0.15, 0.2) is 79.3 Å². The van der Waals surface area contributed by atoms with E-state index in [1.165, 1.54) is 6.07 Å². The Bertz CT molecular complexity index is 1820. The number of benzene rings is 1. The van der Waals surface area contributed by atoms with Crippen LogP contribution in [0.4, 0.5) is 10.2 Å². The summed E-state index contributed by atoms with van der Waals surface area (Å²) in [6, 6.07) is 19.3. The molecule has 0 bridgehead atoms. The number of amides is 1. The monoisotopic (exact) mass is 606 g/mol. The molecule has 45 heavy (non-hydrogen) atoms. The number of anilines is 1. The molecule has 0 aliphatic carbocycles. The number of pyridine rings is 3. The zero-order valence-electron chi connectivity index (χ0n) is 26.3. The van der Waals surface area contributed by atoms with E-state index in [2.05, 4.69) is 60.0 Å². The van der Waals surface area contributed by atoms with Gasteiger partial charge in [0.1, 0.15) is 17.3 Å². The lowest BCUT2D eigenvalue weighted by atomic mass is 9.88. The highest BCUT2D eigenvalue weighted by atomic mass is 19.1. The number of nitrogens with zero attached hydrogens (tertiary/aromatic N) is 5. The molecule has 1 amide bonds. The second-order valence-electron chi connectivity index (χ2n) is 12.7. The number of nitrogens with one attached hydrogen (secondary N) is 1. The number of fused-ring (bicyclic) bond motifs is 1. The van der Waals surface area contributed by atoms with Crippen molar-refractivity contribution in [1.82, 2.24) is 24.3 Å². The van der Waals surface area contributed by atoms with Crippen molar-refractivity contribution < 1.29 is 13.9 Å². The lowest BCUT2D eigenvalue weighted by molar-refractivity contribution is -0.115. The molecule has 6 rings (SSSR count). The average molecular weight is 607 g/mol. The highest BCUT2D eigenvalue weighted by Crippen LogP contribution is 2.27. The summed E-state index contributed by atoms with van der Waals surface area (Å²) in [6.45, 7) is 12.0. The molecule has 1 aliphatic heterocycles. The van der Waals surface area contributed by atoms with Gasteiger partial charge < -0.3 is 10.1 Å². The molecule has 9 heteroatoms.